The molecule has 0 aliphatic carbocycles. The van der Waals surface area contributed by atoms with Crippen LogP contribution in [-0.2, 0) is 14.3 Å². The first-order chi connectivity index (χ1) is 16.9. The van der Waals surface area contributed by atoms with Crippen LogP contribution in [0.3, 0.4) is 0 Å². The number of aliphatic hydroxyl groups excluding tert-OH is 1. The standard InChI is InChI=1S/C25H21N3O6S/c1-4-12-34-24(32)22-14(2)27-25(35-22)28-19(16-6-5-7-17(13-16)33-3)18(21(30)23(28)31)20(29)15-8-10-26-11-9-15/h4-11,13,19,29H,1,12H2,2-3H3. The molecular weight excluding hydrogens is 470 g/mol. The number of esters is 1. The smallest absolute Gasteiger partial charge is 0.350 e. The van der Waals surface area contributed by atoms with Crippen molar-refractivity contribution in [2.45, 2.75) is 13.0 Å². The van der Waals surface area contributed by atoms with Gasteiger partial charge in [-0.1, -0.05) is 36.1 Å². The maximum atomic E-state index is 13.3. The van der Waals surface area contributed by atoms with Gasteiger partial charge in [0.2, 0.25) is 0 Å². The normalized spacial score (nSPS) is 16.9. The minimum atomic E-state index is -1.01. The number of pyridine rings is 1. The summed E-state index contributed by atoms with van der Waals surface area (Å²) in [5.41, 5.74) is 1.08. The third kappa shape index (κ3) is 4.43. The summed E-state index contributed by atoms with van der Waals surface area (Å²) in [6, 6.07) is 8.88. The van der Waals surface area contributed by atoms with E-state index in [9.17, 15) is 19.5 Å². The Morgan fingerprint density at radius 3 is 2.69 bits per heavy atom. The number of ketones is 1. The molecule has 1 aromatic carbocycles. The molecule has 1 N–H and O–H groups in total. The largest absolute Gasteiger partial charge is 0.507 e. The van der Waals surface area contributed by atoms with E-state index in [1.165, 1.54) is 42.6 Å². The summed E-state index contributed by atoms with van der Waals surface area (Å²) in [5, 5.41) is 11.2. The number of aliphatic hydroxyl groups is 1. The van der Waals surface area contributed by atoms with Gasteiger partial charge >= 0.3 is 11.9 Å². The molecule has 9 nitrogen and oxygen atoms in total. The Bertz CT molecular complexity index is 1350. The fraction of sp³-hybridized carbons (Fsp3) is 0.160. The number of hydrogen-bond acceptors (Lipinski definition) is 9. The van der Waals surface area contributed by atoms with E-state index < -0.39 is 23.7 Å². The molecule has 0 spiro atoms. The number of hydrogen-bond donors (Lipinski definition) is 1. The van der Waals surface area contributed by atoms with Crippen LogP contribution in [0, 0.1) is 6.92 Å². The Morgan fingerprint density at radius 2 is 2.00 bits per heavy atom. The van der Waals surface area contributed by atoms with E-state index >= 15 is 0 Å². The van der Waals surface area contributed by atoms with Crippen molar-refractivity contribution in [3.8, 4) is 5.75 Å². The molecule has 3 aromatic rings. The molecule has 0 radical (unpaired) electrons. The molecule has 1 fully saturated rings. The summed E-state index contributed by atoms with van der Waals surface area (Å²) in [6.45, 7) is 5.15. The van der Waals surface area contributed by atoms with Crippen LogP contribution in [0.2, 0.25) is 0 Å². The van der Waals surface area contributed by atoms with Crippen molar-refractivity contribution in [2.24, 2.45) is 0 Å². The quantitative estimate of drug-likeness (QED) is 0.174. The average Bonchev–Trinajstić information content (AvgIpc) is 3.39. The van der Waals surface area contributed by atoms with Crippen molar-refractivity contribution in [3.05, 3.63) is 88.7 Å². The van der Waals surface area contributed by atoms with Crippen molar-refractivity contribution in [3.63, 3.8) is 0 Å². The van der Waals surface area contributed by atoms with Crippen LogP contribution < -0.4 is 9.64 Å². The Labute approximate surface area is 205 Å². The summed E-state index contributed by atoms with van der Waals surface area (Å²) < 4.78 is 10.4. The molecule has 1 saturated heterocycles. The Hall–Kier alpha value is -4.31. The van der Waals surface area contributed by atoms with Gasteiger partial charge in [0.15, 0.2) is 5.13 Å². The van der Waals surface area contributed by atoms with Crippen molar-refractivity contribution < 1.29 is 29.0 Å². The van der Waals surface area contributed by atoms with Gasteiger partial charge in [-0.3, -0.25) is 19.5 Å². The number of Topliss-reactive ketones (excluding diaryl/α,β-unsaturated/α-hetero) is 1. The highest BCUT2D eigenvalue weighted by atomic mass is 32.1. The summed E-state index contributed by atoms with van der Waals surface area (Å²) >= 11 is 0.926. The van der Waals surface area contributed by atoms with Gasteiger partial charge in [-0.2, -0.15) is 0 Å². The van der Waals surface area contributed by atoms with Gasteiger partial charge in [-0.05, 0) is 36.8 Å². The molecule has 0 bridgehead atoms. The number of thiazole rings is 1. The molecule has 1 aliphatic rings. The van der Waals surface area contributed by atoms with Crippen LogP contribution in [0.1, 0.15) is 32.5 Å². The number of ether oxygens (including phenoxy) is 2. The van der Waals surface area contributed by atoms with E-state index in [-0.39, 0.29) is 27.9 Å². The zero-order chi connectivity index (χ0) is 25.1. The minimum Gasteiger partial charge on any atom is -0.507 e. The van der Waals surface area contributed by atoms with Crippen molar-refractivity contribution in [1.29, 1.82) is 0 Å². The number of benzene rings is 1. The number of rotatable bonds is 7. The summed E-state index contributed by atoms with van der Waals surface area (Å²) in [5.74, 6) is -2.22. The first-order valence-electron chi connectivity index (χ1n) is 10.5. The zero-order valence-corrected chi connectivity index (χ0v) is 19.7. The topological polar surface area (TPSA) is 119 Å². The number of nitrogens with zero attached hydrogens (tertiary/aromatic N) is 3. The van der Waals surface area contributed by atoms with Gasteiger partial charge in [0.1, 0.15) is 23.0 Å². The highest BCUT2D eigenvalue weighted by Gasteiger charge is 2.48. The van der Waals surface area contributed by atoms with E-state index in [1.807, 2.05) is 0 Å². The molecule has 3 heterocycles. The molecule has 35 heavy (non-hydrogen) atoms. The zero-order valence-electron chi connectivity index (χ0n) is 18.9. The van der Waals surface area contributed by atoms with E-state index in [0.717, 1.165) is 11.3 Å². The predicted molar refractivity (Wildman–Crippen MR) is 129 cm³/mol. The maximum absolute atomic E-state index is 13.3. The van der Waals surface area contributed by atoms with Gasteiger partial charge in [0.05, 0.1) is 24.4 Å². The maximum Gasteiger partial charge on any atom is 0.350 e. The second kappa shape index (κ2) is 9.90. The van der Waals surface area contributed by atoms with Crippen LogP contribution >= 0.6 is 11.3 Å². The SMILES string of the molecule is C=CCOC(=O)c1sc(N2C(=O)C(=O)C(=C(O)c3ccncc3)C2c2cccc(OC)c2)nc1C. The number of methoxy groups -OCH3 is 1. The number of carbonyl (C=O) groups is 3. The molecule has 2 aromatic heterocycles. The lowest BCUT2D eigenvalue weighted by molar-refractivity contribution is -0.132. The van der Waals surface area contributed by atoms with Crippen LogP contribution in [0.5, 0.6) is 5.75 Å². The summed E-state index contributed by atoms with van der Waals surface area (Å²) in [4.78, 5) is 48.7. The summed E-state index contributed by atoms with van der Waals surface area (Å²) in [6.07, 6.45) is 4.38. The van der Waals surface area contributed by atoms with E-state index in [0.29, 0.717) is 22.6 Å². The monoisotopic (exact) mass is 491 g/mol. The fourth-order valence-electron chi connectivity index (χ4n) is 3.70. The molecule has 1 unspecified atom stereocenters. The first-order valence-corrected chi connectivity index (χ1v) is 11.3. The van der Waals surface area contributed by atoms with Crippen molar-refractivity contribution in [1.82, 2.24) is 9.97 Å². The van der Waals surface area contributed by atoms with E-state index in [2.05, 4.69) is 16.5 Å². The Morgan fingerprint density at radius 1 is 1.26 bits per heavy atom. The van der Waals surface area contributed by atoms with Gasteiger partial charge < -0.3 is 14.6 Å². The lowest BCUT2D eigenvalue weighted by atomic mass is 9.95. The number of amides is 1. The second-order valence-corrected chi connectivity index (χ2v) is 8.46. The van der Waals surface area contributed by atoms with E-state index in [4.69, 9.17) is 9.47 Å². The predicted octanol–water partition coefficient (Wildman–Crippen LogP) is 3.82. The van der Waals surface area contributed by atoms with Gasteiger partial charge in [-0.15, -0.1) is 0 Å². The van der Waals surface area contributed by atoms with Crippen LogP contribution in [-0.4, -0.2) is 46.5 Å². The van der Waals surface area contributed by atoms with Gasteiger partial charge in [0, 0.05) is 18.0 Å². The second-order valence-electron chi connectivity index (χ2n) is 7.48. The van der Waals surface area contributed by atoms with Crippen LogP contribution in [0.4, 0.5) is 5.13 Å². The lowest BCUT2D eigenvalue weighted by Gasteiger charge is -2.23. The minimum absolute atomic E-state index is 0.0196. The molecule has 1 atom stereocenters. The number of aromatic nitrogens is 2. The van der Waals surface area contributed by atoms with E-state index in [1.54, 1.807) is 31.2 Å². The van der Waals surface area contributed by atoms with Gasteiger partial charge in [0.25, 0.3) is 5.78 Å². The fourth-order valence-corrected chi connectivity index (χ4v) is 4.68. The number of anilines is 1. The Kier molecular flexibility index (Phi) is 6.74. The lowest BCUT2D eigenvalue weighted by Crippen LogP contribution is -2.29. The highest BCUT2D eigenvalue weighted by Crippen LogP contribution is 2.44. The number of carbonyl (C=O) groups excluding carboxylic acids is 3. The molecule has 10 heteroatoms. The third-order valence-corrected chi connectivity index (χ3v) is 6.45. The first kappa shape index (κ1) is 23.8. The van der Waals surface area contributed by atoms with Gasteiger partial charge in [-0.25, -0.2) is 9.78 Å². The molecule has 1 aliphatic heterocycles. The third-order valence-electron chi connectivity index (χ3n) is 5.32. The Balaban J connectivity index is 1.89. The molecule has 4 rings (SSSR count). The molecule has 178 valence electrons. The highest BCUT2D eigenvalue weighted by molar-refractivity contribution is 7.17. The molecule has 0 saturated carbocycles. The van der Waals surface area contributed by atoms with Crippen LogP contribution in [0.25, 0.3) is 5.76 Å². The molecular formula is C25H21N3O6S. The molecule has 1 amide bonds. The average molecular weight is 492 g/mol. The number of aryl methyl sites for hydroxylation is 1. The summed E-state index contributed by atoms with van der Waals surface area (Å²) in [7, 11) is 1.50. The van der Waals surface area contributed by atoms with Crippen LogP contribution in [0.15, 0.2) is 67.0 Å². The van der Waals surface area contributed by atoms with Crippen molar-refractivity contribution >= 4 is 39.9 Å². The van der Waals surface area contributed by atoms with Crippen molar-refractivity contribution in [2.75, 3.05) is 18.6 Å².